The van der Waals surface area contributed by atoms with Crippen LogP contribution in [0.3, 0.4) is 0 Å². The van der Waals surface area contributed by atoms with Gasteiger partial charge in [-0.2, -0.15) is 0 Å². The lowest BCUT2D eigenvalue weighted by Gasteiger charge is -2.11. The zero-order valence-corrected chi connectivity index (χ0v) is 27.5. The van der Waals surface area contributed by atoms with Crippen LogP contribution in [0.5, 0.6) is 0 Å². The summed E-state index contributed by atoms with van der Waals surface area (Å²) in [6.45, 7) is 0. The third-order valence-corrected chi connectivity index (χ3v) is 9.38. The van der Waals surface area contributed by atoms with Gasteiger partial charge in [0, 0.05) is 37.6 Å². The molecule has 8 rings (SSSR count). The van der Waals surface area contributed by atoms with Gasteiger partial charge in [0.05, 0.1) is 22.8 Å². The molecule has 0 saturated heterocycles. The smallest absolute Gasteiger partial charge is 0.160 e. The topological polar surface area (TPSA) is 38.7 Å². The molecule has 0 bridgehead atoms. The number of benzene rings is 6. The van der Waals surface area contributed by atoms with Crippen LogP contribution in [-0.4, -0.2) is 15.0 Å². The molecule has 232 valence electrons. The van der Waals surface area contributed by atoms with Crippen LogP contribution in [0.4, 0.5) is 0 Å². The second-order valence-corrected chi connectivity index (χ2v) is 12.9. The van der Waals surface area contributed by atoms with Crippen molar-refractivity contribution in [2.24, 2.45) is 0 Å². The number of pyridine rings is 1. The molecular formula is C45H31N3S. The van der Waals surface area contributed by atoms with E-state index in [1.807, 2.05) is 48.5 Å². The van der Waals surface area contributed by atoms with Crippen molar-refractivity contribution in [2.45, 2.75) is 9.79 Å². The number of nitrogens with zero attached hydrogens (tertiary/aromatic N) is 3. The second-order valence-electron chi connectivity index (χ2n) is 11.7. The van der Waals surface area contributed by atoms with E-state index < -0.39 is 0 Å². The van der Waals surface area contributed by atoms with Crippen LogP contribution in [0.2, 0.25) is 0 Å². The summed E-state index contributed by atoms with van der Waals surface area (Å²) in [5.74, 6) is 0.709. The first kappa shape index (κ1) is 30.2. The third-order valence-electron chi connectivity index (χ3n) is 8.37. The summed E-state index contributed by atoms with van der Waals surface area (Å²) in [5, 5.41) is 0. The largest absolute Gasteiger partial charge is 0.248 e. The molecule has 0 unspecified atom stereocenters. The van der Waals surface area contributed by atoms with Crippen LogP contribution in [0.1, 0.15) is 0 Å². The van der Waals surface area contributed by atoms with Gasteiger partial charge in [0.15, 0.2) is 5.82 Å². The Hall–Kier alpha value is -6.10. The minimum atomic E-state index is 0.709. The molecule has 8 aromatic rings. The van der Waals surface area contributed by atoms with Gasteiger partial charge in [-0.05, 0) is 53.6 Å². The van der Waals surface area contributed by atoms with E-state index in [9.17, 15) is 0 Å². The Morgan fingerprint density at radius 1 is 0.265 bits per heavy atom. The van der Waals surface area contributed by atoms with Crippen molar-refractivity contribution in [2.75, 3.05) is 0 Å². The van der Waals surface area contributed by atoms with Gasteiger partial charge in [-0.3, -0.25) is 0 Å². The molecule has 2 heterocycles. The highest BCUT2D eigenvalue weighted by molar-refractivity contribution is 7.99. The van der Waals surface area contributed by atoms with Gasteiger partial charge < -0.3 is 0 Å². The zero-order chi connectivity index (χ0) is 32.8. The van der Waals surface area contributed by atoms with E-state index >= 15 is 0 Å². The van der Waals surface area contributed by atoms with Crippen LogP contribution < -0.4 is 0 Å². The van der Waals surface area contributed by atoms with E-state index in [0.717, 1.165) is 65.9 Å². The second kappa shape index (κ2) is 13.9. The lowest BCUT2D eigenvalue weighted by atomic mass is 10.00. The summed E-state index contributed by atoms with van der Waals surface area (Å²) in [4.78, 5) is 17.3. The molecule has 0 aliphatic rings. The fourth-order valence-corrected chi connectivity index (χ4v) is 6.64. The Kier molecular flexibility index (Phi) is 8.61. The quantitative estimate of drug-likeness (QED) is 0.165. The molecule has 0 amide bonds. The maximum atomic E-state index is 5.08. The molecule has 0 N–H and O–H groups in total. The van der Waals surface area contributed by atoms with Gasteiger partial charge in [-0.15, -0.1) is 0 Å². The van der Waals surface area contributed by atoms with Crippen molar-refractivity contribution in [3.8, 4) is 67.5 Å². The van der Waals surface area contributed by atoms with Gasteiger partial charge in [-0.25, -0.2) is 15.0 Å². The fourth-order valence-electron chi connectivity index (χ4n) is 5.82. The van der Waals surface area contributed by atoms with Crippen LogP contribution in [-0.2, 0) is 0 Å². The van der Waals surface area contributed by atoms with E-state index in [0.29, 0.717) is 5.82 Å². The van der Waals surface area contributed by atoms with Crippen LogP contribution in [0.15, 0.2) is 198 Å². The maximum absolute atomic E-state index is 5.08. The molecule has 0 spiro atoms. The highest BCUT2D eigenvalue weighted by Gasteiger charge is 2.12. The zero-order valence-electron chi connectivity index (χ0n) is 26.6. The molecule has 0 atom stereocenters. The molecule has 0 saturated carbocycles. The first-order valence-corrected chi connectivity index (χ1v) is 17.1. The first-order valence-electron chi connectivity index (χ1n) is 16.3. The van der Waals surface area contributed by atoms with Gasteiger partial charge in [0.2, 0.25) is 0 Å². The van der Waals surface area contributed by atoms with Crippen molar-refractivity contribution in [3.05, 3.63) is 188 Å². The molecule has 0 fully saturated rings. The molecular weight excluding hydrogens is 615 g/mol. The van der Waals surface area contributed by atoms with E-state index in [2.05, 4.69) is 140 Å². The monoisotopic (exact) mass is 645 g/mol. The van der Waals surface area contributed by atoms with Crippen molar-refractivity contribution in [1.82, 2.24) is 15.0 Å². The highest BCUT2D eigenvalue weighted by Crippen LogP contribution is 2.34. The summed E-state index contributed by atoms with van der Waals surface area (Å²) in [6.07, 6.45) is 0. The molecule has 4 heteroatoms. The Bertz CT molecular complexity index is 2020. The van der Waals surface area contributed by atoms with Crippen molar-refractivity contribution in [3.63, 3.8) is 0 Å². The van der Waals surface area contributed by atoms with Gasteiger partial charge in [0.25, 0.3) is 0 Å². The number of rotatable bonds is 8. The van der Waals surface area contributed by atoms with Crippen molar-refractivity contribution < 1.29 is 0 Å². The Labute approximate surface area is 291 Å². The van der Waals surface area contributed by atoms with Gasteiger partial charge in [-0.1, -0.05) is 157 Å². The summed E-state index contributed by atoms with van der Waals surface area (Å²) >= 11 is 1.73. The van der Waals surface area contributed by atoms with E-state index in [1.165, 1.54) is 5.56 Å². The Morgan fingerprint density at radius 2 is 0.612 bits per heavy atom. The molecule has 2 aromatic heterocycles. The van der Waals surface area contributed by atoms with E-state index in [4.69, 9.17) is 15.0 Å². The summed E-state index contributed by atoms with van der Waals surface area (Å²) in [5.41, 5.74) is 11.3. The average Bonchev–Trinajstić information content (AvgIpc) is 3.19. The van der Waals surface area contributed by atoms with Crippen LogP contribution in [0, 0.1) is 0 Å². The lowest BCUT2D eigenvalue weighted by molar-refractivity contribution is 1.18. The van der Waals surface area contributed by atoms with Gasteiger partial charge in [0.1, 0.15) is 0 Å². The van der Waals surface area contributed by atoms with Crippen molar-refractivity contribution >= 4 is 11.8 Å². The summed E-state index contributed by atoms with van der Waals surface area (Å²) in [7, 11) is 0. The number of hydrogen-bond acceptors (Lipinski definition) is 4. The molecule has 0 aliphatic carbocycles. The fraction of sp³-hybridized carbons (Fsp3) is 0. The molecule has 6 aromatic carbocycles. The average molecular weight is 646 g/mol. The van der Waals surface area contributed by atoms with Gasteiger partial charge >= 0.3 is 0 Å². The number of aromatic nitrogens is 3. The summed E-state index contributed by atoms with van der Waals surface area (Å²) < 4.78 is 0. The predicted octanol–water partition coefficient (Wildman–Crippen LogP) is 12.0. The predicted molar refractivity (Wildman–Crippen MR) is 203 cm³/mol. The maximum Gasteiger partial charge on any atom is 0.160 e. The molecule has 49 heavy (non-hydrogen) atoms. The standard InChI is InChI=1S/C45H31N3S/c1-5-13-32(14-6-1)38-29-41(33-15-7-2-8-16-33)46-42(30-38)36-21-25-39(26-22-36)49-40-27-23-37(24-28-40)45-47-43(34-17-9-3-10-18-34)31-44(48-45)35-19-11-4-12-20-35/h1-31H. The third kappa shape index (κ3) is 6.96. The molecule has 3 nitrogen and oxygen atoms in total. The Balaban J connectivity index is 1.06. The summed E-state index contributed by atoms with van der Waals surface area (Å²) in [6, 6.07) is 65.0. The minimum absolute atomic E-state index is 0.709. The van der Waals surface area contributed by atoms with Crippen LogP contribution in [0.25, 0.3) is 67.5 Å². The molecule has 0 aliphatic heterocycles. The normalized spacial score (nSPS) is 10.9. The highest BCUT2D eigenvalue weighted by atomic mass is 32.2. The van der Waals surface area contributed by atoms with E-state index in [-0.39, 0.29) is 0 Å². The SMILES string of the molecule is c1ccc(-c2cc(-c3ccccc3)nc(-c3ccc(Sc4ccc(-c5nc(-c6ccccc6)cc(-c6ccccc6)n5)cc4)cc3)c2)cc1. The molecule has 0 radical (unpaired) electrons. The van der Waals surface area contributed by atoms with E-state index in [1.54, 1.807) is 11.8 Å². The first-order chi connectivity index (χ1) is 24.2. The van der Waals surface area contributed by atoms with Crippen LogP contribution >= 0.6 is 11.8 Å². The Morgan fingerprint density at radius 3 is 1.04 bits per heavy atom. The number of hydrogen-bond donors (Lipinski definition) is 0. The lowest BCUT2D eigenvalue weighted by Crippen LogP contribution is -1.95. The van der Waals surface area contributed by atoms with Crippen molar-refractivity contribution in [1.29, 1.82) is 0 Å². The minimum Gasteiger partial charge on any atom is -0.248 e.